The summed E-state index contributed by atoms with van der Waals surface area (Å²) in [7, 11) is 0.0965. The summed E-state index contributed by atoms with van der Waals surface area (Å²) in [5.74, 6) is 2.08. The zero-order valence-corrected chi connectivity index (χ0v) is 18.9. The maximum Gasteiger partial charge on any atom is 0.344 e. The first-order valence-corrected chi connectivity index (χ1v) is 12.0. The zero-order chi connectivity index (χ0) is 22.5. The largest absolute Gasteiger partial charge is 0.480 e. The lowest BCUT2D eigenvalue weighted by Gasteiger charge is -2.15. The van der Waals surface area contributed by atoms with Crippen molar-refractivity contribution in [2.24, 2.45) is 4.36 Å². The number of aromatic nitrogens is 2. The van der Waals surface area contributed by atoms with Crippen molar-refractivity contribution < 1.29 is 18.7 Å². The first kappa shape index (κ1) is 22.1. The molecule has 1 aromatic heterocycles. The van der Waals surface area contributed by atoms with E-state index in [1.807, 2.05) is 19.1 Å². The molecule has 9 heteroatoms. The van der Waals surface area contributed by atoms with E-state index in [1.165, 1.54) is 31.3 Å². The number of esters is 1. The lowest BCUT2D eigenvalue weighted by atomic mass is 10.1. The molecule has 0 radical (unpaired) electrons. The molecule has 0 amide bonds. The van der Waals surface area contributed by atoms with E-state index in [9.17, 15) is 9.18 Å². The third-order valence-electron chi connectivity index (χ3n) is 5.01. The molecule has 0 spiro atoms. The monoisotopic (exact) mass is 456 g/mol. The number of hydrogen-bond donors (Lipinski definition) is 1. The predicted octanol–water partition coefficient (Wildman–Crippen LogP) is 4.99. The van der Waals surface area contributed by atoms with Crippen LogP contribution in [0.3, 0.4) is 0 Å². The van der Waals surface area contributed by atoms with Crippen molar-refractivity contribution in [1.29, 1.82) is 0 Å². The number of carbonyl (C=O) groups excluding carboxylic acids is 1. The number of anilines is 2. The van der Waals surface area contributed by atoms with Crippen molar-refractivity contribution in [3.63, 3.8) is 0 Å². The standard InChI is InChI=1S/C23H25FN4O3S/c1-3-30-21(29)13-31-20-11-16(24)6-7-18(20)27-23-22-15(2)10-17(12-19(22)25-14-26-23)28-32-8-4-5-9-32/h6-7,10-12,14H,3-5,8-9,13H2,1-2H3,(H,25,26,27). The molecule has 2 aromatic carbocycles. The Balaban J connectivity index is 1.64. The van der Waals surface area contributed by atoms with Crippen LogP contribution in [0.15, 0.2) is 41.0 Å². The summed E-state index contributed by atoms with van der Waals surface area (Å²) < 4.78 is 29.1. The van der Waals surface area contributed by atoms with Crippen molar-refractivity contribution in [2.75, 3.05) is 30.0 Å². The van der Waals surface area contributed by atoms with Crippen molar-refractivity contribution in [3.8, 4) is 5.75 Å². The highest BCUT2D eigenvalue weighted by Gasteiger charge is 2.14. The van der Waals surface area contributed by atoms with Gasteiger partial charge in [0.15, 0.2) is 6.61 Å². The minimum absolute atomic E-state index is 0.0965. The van der Waals surface area contributed by atoms with E-state index < -0.39 is 11.8 Å². The smallest absolute Gasteiger partial charge is 0.344 e. The fraction of sp³-hybridized carbons (Fsp3) is 0.348. The van der Waals surface area contributed by atoms with Gasteiger partial charge in [0.25, 0.3) is 0 Å². The van der Waals surface area contributed by atoms with Gasteiger partial charge in [-0.3, -0.25) is 0 Å². The number of ether oxygens (including phenoxy) is 2. The second-order valence-electron chi connectivity index (χ2n) is 7.41. The molecule has 1 fully saturated rings. The van der Waals surface area contributed by atoms with Crippen LogP contribution in [-0.2, 0) is 20.2 Å². The molecule has 4 rings (SSSR count). The number of hydrogen-bond acceptors (Lipinski definition) is 7. The van der Waals surface area contributed by atoms with Crippen LogP contribution >= 0.6 is 0 Å². The number of rotatable bonds is 7. The summed E-state index contributed by atoms with van der Waals surface area (Å²) in [6.07, 6.45) is 3.97. The Labute approximate surface area is 188 Å². The Hall–Kier alpha value is -3.07. The van der Waals surface area contributed by atoms with E-state index in [4.69, 9.17) is 13.8 Å². The Morgan fingerprint density at radius 2 is 2.03 bits per heavy atom. The molecule has 0 aliphatic carbocycles. The molecule has 1 saturated heterocycles. The van der Waals surface area contributed by atoms with Crippen LogP contribution in [0.5, 0.6) is 5.75 Å². The van der Waals surface area contributed by atoms with Crippen molar-refractivity contribution >= 4 is 44.8 Å². The Morgan fingerprint density at radius 3 is 2.81 bits per heavy atom. The first-order chi connectivity index (χ1) is 15.5. The molecule has 168 valence electrons. The van der Waals surface area contributed by atoms with E-state index in [-0.39, 0.29) is 29.7 Å². The van der Waals surface area contributed by atoms with Gasteiger partial charge in [0, 0.05) is 23.0 Å². The predicted molar refractivity (Wildman–Crippen MR) is 125 cm³/mol. The van der Waals surface area contributed by atoms with Gasteiger partial charge in [-0.05, 0) is 56.5 Å². The van der Waals surface area contributed by atoms with Gasteiger partial charge in [-0.2, -0.15) is 0 Å². The third-order valence-corrected chi connectivity index (χ3v) is 7.00. The lowest BCUT2D eigenvalue weighted by Crippen LogP contribution is -2.15. The molecule has 0 atom stereocenters. The van der Waals surface area contributed by atoms with E-state index >= 15 is 0 Å². The van der Waals surface area contributed by atoms with E-state index in [1.54, 1.807) is 13.0 Å². The Kier molecular flexibility index (Phi) is 6.94. The van der Waals surface area contributed by atoms with Crippen LogP contribution in [0, 0.1) is 12.7 Å². The number of nitrogens with zero attached hydrogens (tertiary/aromatic N) is 3. The summed E-state index contributed by atoms with van der Waals surface area (Å²) in [6.45, 7) is 3.64. The summed E-state index contributed by atoms with van der Waals surface area (Å²) in [4.78, 5) is 20.5. The quantitative estimate of drug-likeness (QED) is 0.504. The molecule has 2 heterocycles. The molecule has 32 heavy (non-hydrogen) atoms. The van der Waals surface area contributed by atoms with Crippen LogP contribution in [0.4, 0.5) is 21.6 Å². The third kappa shape index (κ3) is 5.21. The fourth-order valence-corrected chi connectivity index (χ4v) is 5.45. The Bertz CT molecular complexity index is 1180. The minimum Gasteiger partial charge on any atom is -0.480 e. The first-order valence-electron chi connectivity index (χ1n) is 10.5. The second-order valence-corrected chi connectivity index (χ2v) is 9.33. The van der Waals surface area contributed by atoms with E-state index in [0.717, 1.165) is 33.7 Å². The van der Waals surface area contributed by atoms with Crippen molar-refractivity contribution in [3.05, 3.63) is 48.0 Å². The summed E-state index contributed by atoms with van der Waals surface area (Å²) in [5.41, 5.74) is 3.19. The molecule has 1 aliphatic rings. The second kappa shape index (κ2) is 10.0. The van der Waals surface area contributed by atoms with E-state index in [2.05, 4.69) is 15.3 Å². The van der Waals surface area contributed by atoms with E-state index in [0.29, 0.717) is 11.5 Å². The summed E-state index contributed by atoms with van der Waals surface area (Å²) >= 11 is 0. The molecule has 0 bridgehead atoms. The van der Waals surface area contributed by atoms with Gasteiger partial charge in [0.2, 0.25) is 0 Å². The van der Waals surface area contributed by atoms with Gasteiger partial charge in [-0.25, -0.2) is 23.5 Å². The summed E-state index contributed by atoms with van der Waals surface area (Å²) in [5, 5.41) is 4.06. The number of aryl methyl sites for hydroxylation is 1. The molecule has 7 nitrogen and oxygen atoms in total. The molecule has 0 unspecified atom stereocenters. The van der Waals surface area contributed by atoms with Gasteiger partial charge in [-0.1, -0.05) is 10.7 Å². The van der Waals surface area contributed by atoms with Gasteiger partial charge in [0.1, 0.15) is 23.7 Å². The fourth-order valence-electron chi connectivity index (χ4n) is 3.59. The van der Waals surface area contributed by atoms with Crippen LogP contribution in [0.1, 0.15) is 25.3 Å². The van der Waals surface area contributed by atoms with Gasteiger partial charge >= 0.3 is 5.97 Å². The minimum atomic E-state index is -0.523. The Morgan fingerprint density at radius 1 is 1.22 bits per heavy atom. The molecule has 0 saturated carbocycles. The molecular weight excluding hydrogens is 431 g/mol. The van der Waals surface area contributed by atoms with Crippen LogP contribution < -0.4 is 10.1 Å². The van der Waals surface area contributed by atoms with Crippen LogP contribution in [0.25, 0.3) is 10.9 Å². The van der Waals surface area contributed by atoms with Crippen molar-refractivity contribution in [2.45, 2.75) is 26.7 Å². The SMILES string of the molecule is CCOC(=O)COc1cc(F)ccc1Nc1ncnc2cc(N=S3CCCC3)cc(C)c12. The molecule has 1 N–H and O–H groups in total. The molecular formula is C23H25FN4O3S. The lowest BCUT2D eigenvalue weighted by molar-refractivity contribution is -0.145. The summed E-state index contributed by atoms with van der Waals surface area (Å²) in [6, 6.07) is 8.10. The topological polar surface area (TPSA) is 85.7 Å². The maximum absolute atomic E-state index is 13.8. The number of benzene rings is 2. The highest BCUT2D eigenvalue weighted by atomic mass is 32.2. The van der Waals surface area contributed by atoms with Gasteiger partial charge in [-0.15, -0.1) is 0 Å². The average molecular weight is 457 g/mol. The maximum atomic E-state index is 13.8. The van der Waals surface area contributed by atoms with Crippen LogP contribution in [0.2, 0.25) is 0 Å². The highest BCUT2D eigenvalue weighted by Crippen LogP contribution is 2.34. The van der Waals surface area contributed by atoms with Crippen molar-refractivity contribution in [1.82, 2.24) is 9.97 Å². The van der Waals surface area contributed by atoms with Gasteiger partial charge < -0.3 is 14.8 Å². The average Bonchev–Trinajstić information content (AvgIpc) is 3.27. The number of halogens is 1. The molecule has 1 aliphatic heterocycles. The number of carbonyl (C=O) groups is 1. The van der Waals surface area contributed by atoms with Gasteiger partial charge in [0.05, 0.1) is 23.5 Å². The van der Waals surface area contributed by atoms with Crippen LogP contribution in [-0.4, -0.2) is 40.7 Å². The number of fused-ring (bicyclic) bond motifs is 1. The molecule has 3 aromatic rings. The highest BCUT2D eigenvalue weighted by molar-refractivity contribution is 7.87. The number of nitrogens with one attached hydrogen (secondary N) is 1. The normalized spacial score (nSPS) is 13.8. The zero-order valence-electron chi connectivity index (χ0n) is 18.1.